The molecule has 0 aliphatic heterocycles. The van der Waals surface area contributed by atoms with Crippen molar-refractivity contribution in [2.24, 2.45) is 12.0 Å². The van der Waals surface area contributed by atoms with E-state index < -0.39 is 0 Å². The zero-order valence-electron chi connectivity index (χ0n) is 14.9. The summed E-state index contributed by atoms with van der Waals surface area (Å²) in [6.45, 7) is 1.28. The fourth-order valence-corrected chi connectivity index (χ4v) is 2.07. The van der Waals surface area contributed by atoms with Gasteiger partial charge in [-0.05, 0) is 12.0 Å². The third-order valence-corrected chi connectivity index (χ3v) is 3.64. The monoisotopic (exact) mass is 343 g/mol. The molecule has 2 rings (SSSR count). The van der Waals surface area contributed by atoms with E-state index in [0.29, 0.717) is 19.0 Å². The number of nitrogens with zero attached hydrogens (tertiary/aromatic N) is 5. The van der Waals surface area contributed by atoms with E-state index in [9.17, 15) is 4.79 Å². The van der Waals surface area contributed by atoms with Gasteiger partial charge in [-0.15, -0.1) is 0 Å². The molecular formula is C17H25N7O. The van der Waals surface area contributed by atoms with Crippen LogP contribution in [-0.4, -0.2) is 58.7 Å². The van der Waals surface area contributed by atoms with E-state index in [1.807, 2.05) is 25.2 Å². The summed E-state index contributed by atoms with van der Waals surface area (Å²) in [7, 11) is 5.27. The smallest absolute Gasteiger partial charge is 0.241 e. The molecule has 1 aromatic heterocycles. The maximum Gasteiger partial charge on any atom is 0.241 e. The summed E-state index contributed by atoms with van der Waals surface area (Å²) in [4.78, 5) is 22.0. The molecule has 0 unspecified atom stereocenters. The Labute approximate surface area is 148 Å². The molecule has 2 N–H and O–H groups in total. The molecule has 1 amide bonds. The van der Waals surface area contributed by atoms with Crippen molar-refractivity contribution < 1.29 is 4.79 Å². The number of carbonyl (C=O) groups excluding carboxylic acids is 1. The predicted molar refractivity (Wildman–Crippen MR) is 97.0 cm³/mol. The highest BCUT2D eigenvalue weighted by Gasteiger charge is 2.07. The zero-order valence-corrected chi connectivity index (χ0v) is 14.9. The largest absolute Gasteiger partial charge is 0.356 e. The molecule has 1 aromatic carbocycles. The molecule has 1 heterocycles. The molecule has 0 atom stereocenters. The number of hydrogen-bond donors (Lipinski definition) is 2. The Morgan fingerprint density at radius 2 is 2.00 bits per heavy atom. The zero-order chi connectivity index (χ0) is 18.1. The Kier molecular flexibility index (Phi) is 6.94. The van der Waals surface area contributed by atoms with Gasteiger partial charge in [-0.1, -0.05) is 30.3 Å². The highest BCUT2D eigenvalue weighted by atomic mass is 16.2. The summed E-state index contributed by atoms with van der Waals surface area (Å²) < 4.78 is 1.68. The Hall–Kier alpha value is -2.90. The molecule has 0 bridgehead atoms. The van der Waals surface area contributed by atoms with Gasteiger partial charge in [0.05, 0.1) is 6.54 Å². The van der Waals surface area contributed by atoms with Crippen molar-refractivity contribution in [2.45, 2.75) is 13.0 Å². The summed E-state index contributed by atoms with van der Waals surface area (Å²) in [6.07, 6.45) is 2.36. The first kappa shape index (κ1) is 18.4. The fraction of sp³-hybridized carbons (Fsp3) is 0.412. The van der Waals surface area contributed by atoms with E-state index in [4.69, 9.17) is 0 Å². The van der Waals surface area contributed by atoms with Crippen LogP contribution in [0.2, 0.25) is 0 Å². The summed E-state index contributed by atoms with van der Waals surface area (Å²) in [5.41, 5.74) is 1.24. The summed E-state index contributed by atoms with van der Waals surface area (Å²) in [5, 5.41) is 10.3. The van der Waals surface area contributed by atoms with Crippen molar-refractivity contribution in [3.63, 3.8) is 0 Å². The van der Waals surface area contributed by atoms with Gasteiger partial charge < -0.3 is 15.5 Å². The number of aryl methyl sites for hydroxylation is 1. The van der Waals surface area contributed by atoms with Gasteiger partial charge in [-0.25, -0.2) is 9.98 Å². The Bertz CT molecular complexity index is 694. The highest BCUT2D eigenvalue weighted by Crippen LogP contribution is 1.98. The maximum atomic E-state index is 11.8. The van der Waals surface area contributed by atoms with Gasteiger partial charge in [0.25, 0.3) is 0 Å². The number of hydrogen-bond acceptors (Lipinski definition) is 4. The highest BCUT2D eigenvalue weighted by molar-refractivity contribution is 5.86. The van der Waals surface area contributed by atoms with Crippen LogP contribution in [0.15, 0.2) is 41.7 Å². The van der Waals surface area contributed by atoms with Gasteiger partial charge in [-0.2, -0.15) is 5.10 Å². The lowest BCUT2D eigenvalue weighted by Gasteiger charge is -2.15. The molecule has 8 nitrogen and oxygen atoms in total. The van der Waals surface area contributed by atoms with Crippen LogP contribution in [0.4, 0.5) is 0 Å². The minimum atomic E-state index is -0.0174. The van der Waals surface area contributed by atoms with E-state index in [-0.39, 0.29) is 12.5 Å². The van der Waals surface area contributed by atoms with Crippen LogP contribution in [-0.2, 0) is 24.8 Å². The van der Waals surface area contributed by atoms with Crippen molar-refractivity contribution >= 4 is 11.9 Å². The Morgan fingerprint density at radius 1 is 1.24 bits per heavy atom. The quantitative estimate of drug-likeness (QED) is 0.553. The molecule has 0 saturated carbocycles. The first-order valence-electron chi connectivity index (χ1n) is 8.15. The van der Waals surface area contributed by atoms with Gasteiger partial charge >= 0.3 is 0 Å². The van der Waals surface area contributed by atoms with Crippen LogP contribution in [0.5, 0.6) is 0 Å². The summed E-state index contributed by atoms with van der Waals surface area (Å²) >= 11 is 0. The lowest BCUT2D eigenvalue weighted by molar-refractivity contribution is -0.127. The minimum absolute atomic E-state index is 0.0174. The van der Waals surface area contributed by atoms with Gasteiger partial charge in [-0.3, -0.25) is 9.48 Å². The number of rotatable bonds is 7. The molecule has 134 valence electrons. The number of carbonyl (C=O) groups is 1. The number of amides is 1. The van der Waals surface area contributed by atoms with Crippen molar-refractivity contribution in [3.05, 3.63) is 48.0 Å². The average molecular weight is 343 g/mol. The van der Waals surface area contributed by atoms with Crippen LogP contribution in [0.3, 0.4) is 0 Å². The molecule has 0 fully saturated rings. The Balaban J connectivity index is 1.93. The van der Waals surface area contributed by atoms with Crippen molar-refractivity contribution in [3.8, 4) is 0 Å². The van der Waals surface area contributed by atoms with E-state index in [1.54, 1.807) is 18.8 Å². The second-order valence-electron chi connectivity index (χ2n) is 5.77. The van der Waals surface area contributed by atoms with Crippen LogP contribution in [0.25, 0.3) is 0 Å². The van der Waals surface area contributed by atoms with E-state index in [1.165, 1.54) is 16.8 Å². The number of benzene rings is 1. The summed E-state index contributed by atoms with van der Waals surface area (Å²) in [6, 6.07) is 10.2. The first-order chi connectivity index (χ1) is 12.1. The number of nitrogens with one attached hydrogen (secondary N) is 2. The fourth-order valence-electron chi connectivity index (χ4n) is 2.07. The molecule has 0 aliphatic carbocycles. The molecule has 0 saturated heterocycles. The van der Waals surface area contributed by atoms with Crippen LogP contribution >= 0.6 is 0 Å². The van der Waals surface area contributed by atoms with Crippen molar-refractivity contribution in [2.75, 3.05) is 27.2 Å². The SMILES string of the molecule is CN(C)C(=O)CNC(=NCc1ncnn1C)NCCc1ccccc1. The molecule has 25 heavy (non-hydrogen) atoms. The van der Waals surface area contributed by atoms with Gasteiger partial charge in [0.1, 0.15) is 18.7 Å². The van der Waals surface area contributed by atoms with Crippen LogP contribution in [0, 0.1) is 0 Å². The second kappa shape index (κ2) is 9.41. The topological polar surface area (TPSA) is 87.4 Å². The minimum Gasteiger partial charge on any atom is -0.356 e. The van der Waals surface area contributed by atoms with E-state index in [0.717, 1.165) is 12.2 Å². The normalized spacial score (nSPS) is 11.2. The van der Waals surface area contributed by atoms with Gasteiger partial charge in [0.15, 0.2) is 5.96 Å². The first-order valence-corrected chi connectivity index (χ1v) is 8.15. The average Bonchev–Trinajstić information content (AvgIpc) is 3.02. The third kappa shape index (κ3) is 6.25. The predicted octanol–water partition coefficient (Wildman–Crippen LogP) is 0.181. The number of aromatic nitrogens is 3. The lowest BCUT2D eigenvalue weighted by atomic mass is 10.1. The second-order valence-corrected chi connectivity index (χ2v) is 5.77. The summed E-state index contributed by atoms with van der Waals surface area (Å²) in [5.74, 6) is 1.31. The number of aliphatic imine (C=N–C) groups is 1. The van der Waals surface area contributed by atoms with E-state index >= 15 is 0 Å². The third-order valence-electron chi connectivity index (χ3n) is 3.64. The van der Waals surface area contributed by atoms with Crippen molar-refractivity contribution in [1.82, 2.24) is 30.3 Å². The van der Waals surface area contributed by atoms with Crippen LogP contribution in [0.1, 0.15) is 11.4 Å². The molecule has 0 radical (unpaired) electrons. The Morgan fingerprint density at radius 3 is 2.64 bits per heavy atom. The maximum absolute atomic E-state index is 11.8. The van der Waals surface area contributed by atoms with Crippen LogP contribution < -0.4 is 10.6 Å². The number of guanidine groups is 1. The van der Waals surface area contributed by atoms with Crippen molar-refractivity contribution in [1.29, 1.82) is 0 Å². The molecule has 0 aliphatic rings. The van der Waals surface area contributed by atoms with E-state index in [2.05, 4.69) is 37.8 Å². The molecule has 8 heteroatoms. The molecule has 0 spiro atoms. The van der Waals surface area contributed by atoms with Gasteiger partial charge in [0, 0.05) is 27.7 Å². The lowest BCUT2D eigenvalue weighted by Crippen LogP contribution is -2.43. The molecular weight excluding hydrogens is 318 g/mol. The standard InChI is InChI=1S/C17H25N7O/c1-23(2)16(25)12-20-17(19-11-15-21-13-22-24(15)3)18-10-9-14-7-5-4-6-8-14/h4-8,13H,9-12H2,1-3H3,(H2,18,19,20). The molecule has 2 aromatic rings. The number of likely N-dealkylation sites (N-methyl/N-ethyl adjacent to an activating group) is 1. The van der Waals surface area contributed by atoms with Gasteiger partial charge in [0.2, 0.25) is 5.91 Å².